The Balaban J connectivity index is 1.76. The standard InChI is InChI=1S/C15H22N2O/c1-15(2)11-16-6-7-17(15)10-12-3-4-14-13(9-12)5-8-18-14/h3-4,9,16H,5-8,10-11H2,1-2H3. The lowest BCUT2D eigenvalue weighted by atomic mass is 9.98. The molecule has 1 aromatic carbocycles. The van der Waals surface area contributed by atoms with Gasteiger partial charge < -0.3 is 10.1 Å². The highest BCUT2D eigenvalue weighted by molar-refractivity contribution is 5.39. The van der Waals surface area contributed by atoms with Gasteiger partial charge in [0.15, 0.2) is 0 Å². The molecule has 3 heteroatoms. The highest BCUT2D eigenvalue weighted by Crippen LogP contribution is 2.27. The van der Waals surface area contributed by atoms with Gasteiger partial charge in [-0.2, -0.15) is 0 Å². The van der Waals surface area contributed by atoms with Crippen molar-refractivity contribution in [3.8, 4) is 5.75 Å². The summed E-state index contributed by atoms with van der Waals surface area (Å²) in [5.74, 6) is 1.08. The maximum absolute atomic E-state index is 5.56. The number of hydrogen-bond donors (Lipinski definition) is 1. The molecule has 0 saturated carbocycles. The van der Waals surface area contributed by atoms with Gasteiger partial charge in [0.1, 0.15) is 5.75 Å². The normalized spacial score (nSPS) is 22.6. The minimum Gasteiger partial charge on any atom is -0.493 e. The van der Waals surface area contributed by atoms with Crippen molar-refractivity contribution in [3.63, 3.8) is 0 Å². The molecule has 2 heterocycles. The maximum Gasteiger partial charge on any atom is 0.122 e. The lowest BCUT2D eigenvalue weighted by Crippen LogP contribution is -2.57. The fourth-order valence-electron chi connectivity index (χ4n) is 2.87. The van der Waals surface area contributed by atoms with Crippen LogP contribution >= 0.6 is 0 Å². The quantitative estimate of drug-likeness (QED) is 0.861. The van der Waals surface area contributed by atoms with Crippen LogP contribution < -0.4 is 10.1 Å². The number of piperazine rings is 1. The Morgan fingerprint density at radius 3 is 3.11 bits per heavy atom. The second-order valence-electron chi connectivity index (χ2n) is 5.95. The van der Waals surface area contributed by atoms with Crippen molar-refractivity contribution in [1.29, 1.82) is 0 Å². The van der Waals surface area contributed by atoms with Crippen LogP contribution in [-0.4, -0.2) is 36.7 Å². The van der Waals surface area contributed by atoms with E-state index in [0.717, 1.165) is 45.0 Å². The lowest BCUT2D eigenvalue weighted by Gasteiger charge is -2.43. The van der Waals surface area contributed by atoms with Crippen LogP contribution in [0.1, 0.15) is 25.0 Å². The van der Waals surface area contributed by atoms with E-state index in [2.05, 4.69) is 42.3 Å². The van der Waals surface area contributed by atoms with Crippen molar-refractivity contribution in [2.75, 3.05) is 26.2 Å². The number of nitrogens with one attached hydrogen (secondary N) is 1. The topological polar surface area (TPSA) is 24.5 Å². The number of benzene rings is 1. The third-order valence-electron chi connectivity index (χ3n) is 4.10. The van der Waals surface area contributed by atoms with Crippen LogP contribution in [0.4, 0.5) is 0 Å². The van der Waals surface area contributed by atoms with Crippen molar-refractivity contribution >= 4 is 0 Å². The molecule has 3 rings (SSSR count). The Morgan fingerprint density at radius 2 is 2.28 bits per heavy atom. The zero-order valence-electron chi connectivity index (χ0n) is 11.3. The van der Waals surface area contributed by atoms with Gasteiger partial charge in [-0.25, -0.2) is 0 Å². The van der Waals surface area contributed by atoms with E-state index in [1.165, 1.54) is 11.1 Å². The van der Waals surface area contributed by atoms with Crippen LogP contribution in [0.5, 0.6) is 5.75 Å². The lowest BCUT2D eigenvalue weighted by molar-refractivity contribution is 0.0827. The summed E-state index contributed by atoms with van der Waals surface area (Å²) < 4.78 is 5.56. The van der Waals surface area contributed by atoms with E-state index in [0.29, 0.717) is 0 Å². The second-order valence-corrected chi connectivity index (χ2v) is 5.95. The third kappa shape index (κ3) is 2.25. The number of nitrogens with zero attached hydrogens (tertiary/aromatic N) is 1. The molecule has 1 saturated heterocycles. The first-order valence-corrected chi connectivity index (χ1v) is 6.85. The Labute approximate surface area is 109 Å². The highest BCUT2D eigenvalue weighted by atomic mass is 16.5. The highest BCUT2D eigenvalue weighted by Gasteiger charge is 2.29. The van der Waals surface area contributed by atoms with Gasteiger partial charge in [0.05, 0.1) is 6.61 Å². The van der Waals surface area contributed by atoms with Crippen LogP contribution in [0, 0.1) is 0 Å². The van der Waals surface area contributed by atoms with Crippen LogP contribution in [0.3, 0.4) is 0 Å². The predicted octanol–water partition coefficient (Wildman–Crippen LogP) is 1.81. The summed E-state index contributed by atoms with van der Waals surface area (Å²) in [4.78, 5) is 2.57. The van der Waals surface area contributed by atoms with E-state index in [4.69, 9.17) is 4.74 Å². The first-order chi connectivity index (χ1) is 8.65. The molecule has 2 aliphatic rings. The molecule has 18 heavy (non-hydrogen) atoms. The molecule has 3 nitrogen and oxygen atoms in total. The predicted molar refractivity (Wildman–Crippen MR) is 73.0 cm³/mol. The van der Waals surface area contributed by atoms with Crippen molar-refractivity contribution < 1.29 is 4.74 Å². The molecule has 0 bridgehead atoms. The molecule has 1 fully saturated rings. The van der Waals surface area contributed by atoms with E-state index >= 15 is 0 Å². The fraction of sp³-hybridized carbons (Fsp3) is 0.600. The maximum atomic E-state index is 5.56. The third-order valence-corrected chi connectivity index (χ3v) is 4.10. The fourth-order valence-corrected chi connectivity index (χ4v) is 2.87. The zero-order valence-corrected chi connectivity index (χ0v) is 11.3. The SMILES string of the molecule is CC1(C)CNCCN1Cc1ccc2c(c1)CCO2. The zero-order chi connectivity index (χ0) is 12.6. The van der Waals surface area contributed by atoms with Gasteiger partial charge in [-0.3, -0.25) is 4.90 Å². The van der Waals surface area contributed by atoms with Crippen LogP contribution in [0.15, 0.2) is 18.2 Å². The minimum atomic E-state index is 0.244. The Hall–Kier alpha value is -1.06. The van der Waals surface area contributed by atoms with Gasteiger partial charge in [0.2, 0.25) is 0 Å². The van der Waals surface area contributed by atoms with Gasteiger partial charge in [0.25, 0.3) is 0 Å². The van der Waals surface area contributed by atoms with E-state index in [9.17, 15) is 0 Å². The van der Waals surface area contributed by atoms with Crippen LogP contribution in [0.2, 0.25) is 0 Å². The van der Waals surface area contributed by atoms with Gasteiger partial charge in [-0.15, -0.1) is 0 Å². The molecule has 0 aliphatic carbocycles. The number of hydrogen-bond acceptors (Lipinski definition) is 3. The van der Waals surface area contributed by atoms with Crippen molar-refractivity contribution in [2.45, 2.75) is 32.4 Å². The molecule has 0 amide bonds. The molecule has 0 aromatic heterocycles. The first kappa shape index (κ1) is 12.0. The molecular formula is C15H22N2O. The molecule has 2 aliphatic heterocycles. The molecule has 1 N–H and O–H groups in total. The largest absolute Gasteiger partial charge is 0.493 e. The monoisotopic (exact) mass is 246 g/mol. The molecule has 0 spiro atoms. The Bertz CT molecular complexity index is 442. The second kappa shape index (κ2) is 4.56. The summed E-state index contributed by atoms with van der Waals surface area (Å²) in [6.07, 6.45) is 1.06. The molecular weight excluding hydrogens is 224 g/mol. The van der Waals surface area contributed by atoms with Gasteiger partial charge in [-0.05, 0) is 31.0 Å². The summed E-state index contributed by atoms with van der Waals surface area (Å²) in [6, 6.07) is 6.66. The van der Waals surface area contributed by atoms with E-state index in [1.54, 1.807) is 0 Å². The molecule has 1 aromatic rings. The summed E-state index contributed by atoms with van der Waals surface area (Å²) in [7, 11) is 0. The minimum absolute atomic E-state index is 0.244. The smallest absolute Gasteiger partial charge is 0.122 e. The van der Waals surface area contributed by atoms with Gasteiger partial charge >= 0.3 is 0 Å². The average Bonchev–Trinajstić information content (AvgIpc) is 2.79. The number of ether oxygens (including phenoxy) is 1. The summed E-state index contributed by atoms with van der Waals surface area (Å²) in [6.45, 7) is 9.81. The Kier molecular flexibility index (Phi) is 3.04. The van der Waals surface area contributed by atoms with Gasteiger partial charge in [0, 0.05) is 38.1 Å². The van der Waals surface area contributed by atoms with Gasteiger partial charge in [-0.1, -0.05) is 12.1 Å². The van der Waals surface area contributed by atoms with E-state index in [1.807, 2.05) is 0 Å². The summed E-state index contributed by atoms with van der Waals surface area (Å²) in [5, 5.41) is 3.47. The molecule has 0 unspecified atom stereocenters. The molecule has 0 atom stereocenters. The average molecular weight is 246 g/mol. The van der Waals surface area contributed by atoms with Crippen molar-refractivity contribution in [1.82, 2.24) is 10.2 Å². The number of rotatable bonds is 2. The molecule has 0 radical (unpaired) electrons. The van der Waals surface area contributed by atoms with E-state index < -0.39 is 0 Å². The molecule has 98 valence electrons. The number of fused-ring (bicyclic) bond motifs is 1. The van der Waals surface area contributed by atoms with Crippen LogP contribution in [0.25, 0.3) is 0 Å². The van der Waals surface area contributed by atoms with Crippen LogP contribution in [-0.2, 0) is 13.0 Å². The first-order valence-electron chi connectivity index (χ1n) is 6.85. The van der Waals surface area contributed by atoms with E-state index in [-0.39, 0.29) is 5.54 Å². The van der Waals surface area contributed by atoms with Crippen molar-refractivity contribution in [3.05, 3.63) is 29.3 Å². The summed E-state index contributed by atoms with van der Waals surface area (Å²) in [5.41, 5.74) is 3.03. The summed E-state index contributed by atoms with van der Waals surface area (Å²) >= 11 is 0. The Morgan fingerprint density at radius 1 is 1.39 bits per heavy atom. The van der Waals surface area contributed by atoms with Crippen molar-refractivity contribution in [2.24, 2.45) is 0 Å².